The summed E-state index contributed by atoms with van der Waals surface area (Å²) >= 11 is 0. The number of nitrogens with one attached hydrogen (secondary N) is 1. The Morgan fingerprint density at radius 3 is 2.41 bits per heavy atom. The molecule has 2 aromatic rings. The predicted molar refractivity (Wildman–Crippen MR) is 81.5 cm³/mol. The van der Waals surface area contributed by atoms with Gasteiger partial charge in [0.2, 0.25) is 0 Å². The van der Waals surface area contributed by atoms with Crippen LogP contribution in [0.4, 0.5) is 0 Å². The van der Waals surface area contributed by atoms with Gasteiger partial charge < -0.3 is 14.8 Å². The first-order valence-corrected chi connectivity index (χ1v) is 7.38. The van der Waals surface area contributed by atoms with E-state index < -0.39 is 0 Å². The Hall–Kier alpha value is -2.63. The van der Waals surface area contributed by atoms with Crippen molar-refractivity contribution >= 4 is 11.8 Å². The third-order valence-electron chi connectivity index (χ3n) is 3.80. The highest BCUT2D eigenvalue weighted by Crippen LogP contribution is 2.11. The van der Waals surface area contributed by atoms with Crippen molar-refractivity contribution in [3.63, 3.8) is 0 Å². The second-order valence-corrected chi connectivity index (χ2v) is 5.25. The van der Waals surface area contributed by atoms with Crippen molar-refractivity contribution in [3.05, 3.63) is 54.1 Å². The number of carbonyl (C=O) groups excluding carboxylic acids is 2. The van der Waals surface area contributed by atoms with Crippen LogP contribution in [-0.4, -0.2) is 57.8 Å². The highest BCUT2D eigenvalue weighted by Gasteiger charge is 2.24. The molecule has 2 aromatic heterocycles. The van der Waals surface area contributed by atoms with Gasteiger partial charge in [-0.1, -0.05) is 6.07 Å². The van der Waals surface area contributed by atoms with E-state index in [2.05, 4.69) is 9.97 Å². The maximum atomic E-state index is 12.4. The van der Waals surface area contributed by atoms with Crippen LogP contribution in [0.2, 0.25) is 0 Å². The fourth-order valence-corrected chi connectivity index (χ4v) is 2.61. The summed E-state index contributed by atoms with van der Waals surface area (Å²) in [5.74, 6) is -0.0649. The van der Waals surface area contributed by atoms with Gasteiger partial charge in [-0.25, -0.2) is 0 Å². The molecule has 0 saturated carbocycles. The first-order valence-electron chi connectivity index (χ1n) is 7.38. The predicted octanol–water partition coefficient (Wildman–Crippen LogP) is 1.40. The summed E-state index contributed by atoms with van der Waals surface area (Å²) in [4.78, 5) is 35.3. The maximum absolute atomic E-state index is 12.4. The highest BCUT2D eigenvalue weighted by molar-refractivity contribution is 5.94. The van der Waals surface area contributed by atoms with E-state index >= 15 is 0 Å². The van der Waals surface area contributed by atoms with Gasteiger partial charge in [-0.15, -0.1) is 0 Å². The van der Waals surface area contributed by atoms with E-state index in [4.69, 9.17) is 0 Å². The molecule has 3 heterocycles. The van der Waals surface area contributed by atoms with Crippen LogP contribution in [0.1, 0.15) is 27.3 Å². The molecule has 1 saturated heterocycles. The molecule has 114 valence electrons. The fraction of sp³-hybridized carbons (Fsp3) is 0.312. The van der Waals surface area contributed by atoms with Crippen molar-refractivity contribution in [1.82, 2.24) is 19.8 Å². The summed E-state index contributed by atoms with van der Waals surface area (Å²) in [6, 6.07) is 7.08. The molecule has 0 aliphatic carbocycles. The number of H-pyrrole nitrogens is 1. The number of hydrogen-bond donors (Lipinski definition) is 1. The van der Waals surface area contributed by atoms with Gasteiger partial charge in [0, 0.05) is 44.8 Å². The third kappa shape index (κ3) is 3.00. The zero-order valence-electron chi connectivity index (χ0n) is 12.2. The Balaban J connectivity index is 1.65. The summed E-state index contributed by atoms with van der Waals surface area (Å²) in [6.07, 6.45) is 5.83. The summed E-state index contributed by atoms with van der Waals surface area (Å²) in [7, 11) is 0. The SMILES string of the molecule is O=C(c1cc[nH]c1)N1CCCN(C(=O)c2ccccn2)CC1. The Bertz CT molecular complexity index is 639. The van der Waals surface area contributed by atoms with Crippen LogP contribution in [-0.2, 0) is 0 Å². The number of carbonyl (C=O) groups is 2. The molecular formula is C16H18N4O2. The van der Waals surface area contributed by atoms with Gasteiger partial charge in [0.1, 0.15) is 5.69 Å². The van der Waals surface area contributed by atoms with E-state index in [9.17, 15) is 9.59 Å². The zero-order chi connectivity index (χ0) is 15.4. The Labute approximate surface area is 128 Å². The van der Waals surface area contributed by atoms with Gasteiger partial charge >= 0.3 is 0 Å². The minimum atomic E-state index is -0.0726. The van der Waals surface area contributed by atoms with Crippen LogP contribution < -0.4 is 0 Å². The van der Waals surface area contributed by atoms with Crippen LogP contribution in [0.15, 0.2) is 42.9 Å². The monoisotopic (exact) mass is 298 g/mol. The van der Waals surface area contributed by atoms with Crippen molar-refractivity contribution in [2.45, 2.75) is 6.42 Å². The van der Waals surface area contributed by atoms with E-state index in [0.717, 1.165) is 6.42 Å². The van der Waals surface area contributed by atoms with Crippen molar-refractivity contribution in [2.75, 3.05) is 26.2 Å². The Morgan fingerprint density at radius 2 is 1.77 bits per heavy atom. The average Bonchev–Trinajstić information content (AvgIpc) is 2.99. The van der Waals surface area contributed by atoms with E-state index in [0.29, 0.717) is 37.4 Å². The standard InChI is InChI=1S/C16H18N4O2/c21-15(13-5-7-17-12-13)19-8-3-9-20(11-10-19)16(22)14-4-1-2-6-18-14/h1-2,4-7,12,17H,3,8-11H2. The zero-order valence-corrected chi connectivity index (χ0v) is 12.2. The molecule has 0 aromatic carbocycles. The van der Waals surface area contributed by atoms with Gasteiger partial charge in [0.25, 0.3) is 11.8 Å². The van der Waals surface area contributed by atoms with Gasteiger partial charge in [-0.3, -0.25) is 14.6 Å². The van der Waals surface area contributed by atoms with Crippen molar-refractivity contribution < 1.29 is 9.59 Å². The number of aromatic nitrogens is 2. The number of amides is 2. The highest BCUT2D eigenvalue weighted by atomic mass is 16.2. The van der Waals surface area contributed by atoms with Crippen LogP contribution in [0.5, 0.6) is 0 Å². The second kappa shape index (κ2) is 6.43. The lowest BCUT2D eigenvalue weighted by atomic mass is 10.3. The lowest BCUT2D eigenvalue weighted by Gasteiger charge is -2.21. The summed E-state index contributed by atoms with van der Waals surface area (Å²) < 4.78 is 0. The molecule has 0 unspecified atom stereocenters. The quantitative estimate of drug-likeness (QED) is 0.911. The minimum Gasteiger partial charge on any atom is -0.367 e. The molecule has 6 heteroatoms. The van der Waals surface area contributed by atoms with Crippen LogP contribution in [0, 0.1) is 0 Å². The molecule has 6 nitrogen and oxygen atoms in total. The van der Waals surface area contributed by atoms with E-state index in [1.54, 1.807) is 52.7 Å². The largest absolute Gasteiger partial charge is 0.367 e. The summed E-state index contributed by atoms with van der Waals surface area (Å²) in [5.41, 5.74) is 1.11. The van der Waals surface area contributed by atoms with E-state index in [1.165, 1.54) is 0 Å². The van der Waals surface area contributed by atoms with Gasteiger partial charge in [-0.2, -0.15) is 0 Å². The van der Waals surface area contributed by atoms with E-state index in [-0.39, 0.29) is 11.8 Å². The molecule has 3 rings (SSSR count). The minimum absolute atomic E-state index is 0.00776. The lowest BCUT2D eigenvalue weighted by Crippen LogP contribution is -2.37. The molecule has 0 radical (unpaired) electrons. The Kier molecular flexibility index (Phi) is 4.18. The number of rotatable bonds is 2. The van der Waals surface area contributed by atoms with E-state index in [1.807, 2.05) is 0 Å². The van der Waals surface area contributed by atoms with Crippen LogP contribution in [0.25, 0.3) is 0 Å². The molecular weight excluding hydrogens is 280 g/mol. The Morgan fingerprint density at radius 1 is 1.00 bits per heavy atom. The van der Waals surface area contributed by atoms with Gasteiger partial charge in [0.15, 0.2) is 0 Å². The van der Waals surface area contributed by atoms with Crippen molar-refractivity contribution in [3.8, 4) is 0 Å². The number of nitrogens with zero attached hydrogens (tertiary/aromatic N) is 3. The first kappa shape index (κ1) is 14.3. The number of pyridine rings is 1. The van der Waals surface area contributed by atoms with Gasteiger partial charge in [-0.05, 0) is 24.6 Å². The molecule has 1 aliphatic heterocycles. The molecule has 2 amide bonds. The fourth-order valence-electron chi connectivity index (χ4n) is 2.61. The number of hydrogen-bond acceptors (Lipinski definition) is 3. The van der Waals surface area contributed by atoms with Crippen LogP contribution in [0.3, 0.4) is 0 Å². The summed E-state index contributed by atoms with van der Waals surface area (Å²) in [6.45, 7) is 2.39. The molecule has 22 heavy (non-hydrogen) atoms. The van der Waals surface area contributed by atoms with Crippen molar-refractivity contribution in [1.29, 1.82) is 0 Å². The molecule has 0 atom stereocenters. The molecule has 0 bridgehead atoms. The molecule has 1 N–H and O–H groups in total. The topological polar surface area (TPSA) is 69.3 Å². The second-order valence-electron chi connectivity index (χ2n) is 5.25. The molecule has 0 spiro atoms. The smallest absolute Gasteiger partial charge is 0.272 e. The van der Waals surface area contributed by atoms with Crippen LogP contribution >= 0.6 is 0 Å². The maximum Gasteiger partial charge on any atom is 0.272 e. The normalized spacial score (nSPS) is 15.5. The lowest BCUT2D eigenvalue weighted by molar-refractivity contribution is 0.0716. The van der Waals surface area contributed by atoms with Crippen molar-refractivity contribution in [2.24, 2.45) is 0 Å². The van der Waals surface area contributed by atoms with Gasteiger partial charge in [0.05, 0.1) is 5.56 Å². The third-order valence-corrected chi connectivity index (χ3v) is 3.80. The average molecular weight is 298 g/mol. The first-order chi connectivity index (χ1) is 10.8. The summed E-state index contributed by atoms with van der Waals surface area (Å²) in [5, 5.41) is 0. The number of aromatic amines is 1. The molecule has 1 fully saturated rings. The molecule has 1 aliphatic rings.